The summed E-state index contributed by atoms with van der Waals surface area (Å²) in [4.78, 5) is 13.9. The Morgan fingerprint density at radius 2 is 2.00 bits per heavy atom. The van der Waals surface area contributed by atoms with Crippen molar-refractivity contribution < 1.29 is 4.79 Å². The van der Waals surface area contributed by atoms with E-state index in [1.165, 1.54) is 0 Å². The summed E-state index contributed by atoms with van der Waals surface area (Å²) in [6.45, 7) is 10.8. The fourth-order valence-electron chi connectivity index (χ4n) is 2.31. The van der Waals surface area contributed by atoms with E-state index in [1.807, 2.05) is 11.9 Å². The molecule has 0 saturated carbocycles. The van der Waals surface area contributed by atoms with Gasteiger partial charge in [0, 0.05) is 26.6 Å². The minimum atomic E-state index is 0.295. The molecule has 0 aromatic carbocycles. The largest absolute Gasteiger partial charge is 0.340 e. The zero-order chi connectivity index (χ0) is 12.3. The summed E-state index contributed by atoms with van der Waals surface area (Å²) in [5, 5.41) is 3.19. The van der Waals surface area contributed by atoms with Gasteiger partial charge in [0.15, 0.2) is 0 Å². The number of nitrogens with one attached hydrogen (secondary N) is 1. The van der Waals surface area contributed by atoms with E-state index < -0.39 is 0 Å². The van der Waals surface area contributed by atoms with Gasteiger partial charge in [-0.15, -0.1) is 0 Å². The molecule has 3 heteroatoms. The zero-order valence-corrected chi connectivity index (χ0v) is 11.3. The minimum Gasteiger partial charge on any atom is -0.340 e. The molecule has 94 valence electrons. The summed E-state index contributed by atoms with van der Waals surface area (Å²) in [5.41, 5.74) is 0.316. The van der Waals surface area contributed by atoms with Gasteiger partial charge in [-0.2, -0.15) is 0 Å². The van der Waals surface area contributed by atoms with Crippen LogP contribution in [-0.2, 0) is 4.79 Å². The van der Waals surface area contributed by atoms with Crippen LogP contribution in [0.1, 0.15) is 40.5 Å². The number of likely N-dealkylation sites (N-methyl/N-ethyl adjacent to an activating group) is 1. The molecule has 1 saturated heterocycles. The Balaban J connectivity index is 2.32. The van der Waals surface area contributed by atoms with Crippen LogP contribution in [0.15, 0.2) is 0 Å². The lowest BCUT2D eigenvalue weighted by Crippen LogP contribution is -2.57. The summed E-state index contributed by atoms with van der Waals surface area (Å²) in [5.74, 6) is 0.770. The normalized spacial score (nSPS) is 19.1. The van der Waals surface area contributed by atoms with Crippen LogP contribution in [0.5, 0.6) is 0 Å². The summed E-state index contributed by atoms with van der Waals surface area (Å²) >= 11 is 0. The lowest BCUT2D eigenvalue weighted by atomic mass is 9.84. The Labute approximate surface area is 99.6 Å². The van der Waals surface area contributed by atoms with Crippen molar-refractivity contribution in [3.63, 3.8) is 0 Å². The van der Waals surface area contributed by atoms with Crippen molar-refractivity contribution in [2.24, 2.45) is 11.3 Å². The Morgan fingerprint density at radius 1 is 1.44 bits per heavy atom. The highest BCUT2D eigenvalue weighted by atomic mass is 16.2. The molecule has 0 radical (unpaired) electrons. The van der Waals surface area contributed by atoms with Crippen molar-refractivity contribution in [2.45, 2.75) is 46.6 Å². The fourth-order valence-corrected chi connectivity index (χ4v) is 2.31. The first-order chi connectivity index (χ1) is 7.29. The van der Waals surface area contributed by atoms with Gasteiger partial charge in [-0.25, -0.2) is 0 Å². The summed E-state index contributed by atoms with van der Waals surface area (Å²) in [6.07, 6.45) is 1.79. The minimum absolute atomic E-state index is 0.295. The summed E-state index contributed by atoms with van der Waals surface area (Å²) in [7, 11) is 1.93. The third-order valence-electron chi connectivity index (χ3n) is 3.18. The molecule has 0 aliphatic carbocycles. The van der Waals surface area contributed by atoms with Gasteiger partial charge >= 0.3 is 0 Å². The predicted molar refractivity (Wildman–Crippen MR) is 67.3 cm³/mol. The number of carbonyl (C=O) groups excluding carboxylic acids is 1. The molecule has 16 heavy (non-hydrogen) atoms. The van der Waals surface area contributed by atoms with Crippen LogP contribution in [0, 0.1) is 11.3 Å². The molecule has 1 N–H and O–H groups in total. The van der Waals surface area contributed by atoms with E-state index in [0.717, 1.165) is 19.5 Å². The molecule has 1 fully saturated rings. The zero-order valence-electron chi connectivity index (χ0n) is 11.3. The molecule has 0 aromatic rings. The third-order valence-corrected chi connectivity index (χ3v) is 3.18. The van der Waals surface area contributed by atoms with Crippen molar-refractivity contribution in [3.8, 4) is 0 Å². The monoisotopic (exact) mass is 226 g/mol. The predicted octanol–water partition coefficient (Wildman–Crippen LogP) is 1.88. The van der Waals surface area contributed by atoms with Crippen molar-refractivity contribution in [3.05, 3.63) is 0 Å². The Bertz CT molecular complexity index is 241. The van der Waals surface area contributed by atoms with E-state index in [1.54, 1.807) is 0 Å². The second-order valence-corrected chi connectivity index (χ2v) is 6.39. The fraction of sp³-hybridized carbons (Fsp3) is 0.923. The highest BCUT2D eigenvalue weighted by molar-refractivity contribution is 5.76. The highest BCUT2D eigenvalue weighted by Crippen LogP contribution is 2.26. The molecule has 1 atom stereocenters. The maximum absolute atomic E-state index is 12.0. The van der Waals surface area contributed by atoms with Gasteiger partial charge in [-0.1, -0.05) is 27.7 Å². The van der Waals surface area contributed by atoms with E-state index >= 15 is 0 Å². The quantitative estimate of drug-likeness (QED) is 0.794. The van der Waals surface area contributed by atoms with Gasteiger partial charge < -0.3 is 10.2 Å². The number of carbonyl (C=O) groups is 1. The second kappa shape index (κ2) is 5.17. The van der Waals surface area contributed by atoms with Crippen LogP contribution in [0.3, 0.4) is 0 Å². The first-order valence-electron chi connectivity index (χ1n) is 6.26. The smallest absolute Gasteiger partial charge is 0.222 e. The van der Waals surface area contributed by atoms with Crippen LogP contribution in [0.25, 0.3) is 0 Å². The summed E-state index contributed by atoms with van der Waals surface area (Å²) < 4.78 is 0. The van der Waals surface area contributed by atoms with E-state index in [9.17, 15) is 4.79 Å². The molecule has 1 aliphatic rings. The Hall–Kier alpha value is -0.570. The number of hydrogen-bond acceptors (Lipinski definition) is 2. The SMILES string of the molecule is CC(CC(=O)N(C)C1CNC1)CC(C)(C)C. The first-order valence-corrected chi connectivity index (χ1v) is 6.26. The van der Waals surface area contributed by atoms with Crippen LogP contribution < -0.4 is 5.32 Å². The van der Waals surface area contributed by atoms with E-state index in [2.05, 4.69) is 33.0 Å². The van der Waals surface area contributed by atoms with Gasteiger partial charge in [-0.05, 0) is 17.8 Å². The highest BCUT2D eigenvalue weighted by Gasteiger charge is 2.26. The number of amides is 1. The van der Waals surface area contributed by atoms with Gasteiger partial charge in [0.25, 0.3) is 0 Å². The van der Waals surface area contributed by atoms with E-state index in [-0.39, 0.29) is 0 Å². The Morgan fingerprint density at radius 3 is 2.38 bits per heavy atom. The average molecular weight is 226 g/mol. The van der Waals surface area contributed by atoms with Crippen LogP contribution in [0.2, 0.25) is 0 Å². The molecule has 1 rings (SSSR count). The molecule has 0 spiro atoms. The topological polar surface area (TPSA) is 32.3 Å². The standard InChI is InChI=1S/C13H26N2O/c1-10(7-13(2,3)4)6-12(16)15(5)11-8-14-9-11/h10-11,14H,6-9H2,1-5H3. The average Bonchev–Trinajstić information content (AvgIpc) is 1.96. The Kier molecular flexibility index (Phi) is 4.36. The van der Waals surface area contributed by atoms with Crippen molar-refractivity contribution in [2.75, 3.05) is 20.1 Å². The van der Waals surface area contributed by atoms with Crippen molar-refractivity contribution >= 4 is 5.91 Å². The number of hydrogen-bond donors (Lipinski definition) is 1. The summed E-state index contributed by atoms with van der Waals surface area (Å²) in [6, 6.07) is 0.425. The lowest BCUT2D eigenvalue weighted by Gasteiger charge is -2.36. The van der Waals surface area contributed by atoms with Gasteiger partial charge in [0.05, 0.1) is 6.04 Å². The van der Waals surface area contributed by atoms with E-state index in [0.29, 0.717) is 29.7 Å². The van der Waals surface area contributed by atoms with Crippen LogP contribution in [-0.4, -0.2) is 37.0 Å². The molecule has 1 heterocycles. The molecular formula is C13H26N2O. The molecule has 0 bridgehead atoms. The van der Waals surface area contributed by atoms with E-state index in [4.69, 9.17) is 0 Å². The molecule has 1 aliphatic heterocycles. The molecule has 0 aromatic heterocycles. The third kappa shape index (κ3) is 4.12. The maximum atomic E-state index is 12.0. The van der Waals surface area contributed by atoms with Crippen LogP contribution in [0.4, 0.5) is 0 Å². The molecule has 3 nitrogen and oxygen atoms in total. The molecular weight excluding hydrogens is 200 g/mol. The lowest BCUT2D eigenvalue weighted by molar-refractivity contribution is -0.133. The molecule has 1 unspecified atom stereocenters. The molecule has 1 amide bonds. The van der Waals surface area contributed by atoms with Gasteiger partial charge in [0.1, 0.15) is 0 Å². The van der Waals surface area contributed by atoms with Crippen LogP contribution >= 0.6 is 0 Å². The van der Waals surface area contributed by atoms with Crippen molar-refractivity contribution in [1.82, 2.24) is 10.2 Å². The number of rotatable bonds is 4. The van der Waals surface area contributed by atoms with Crippen molar-refractivity contribution in [1.29, 1.82) is 0 Å². The van der Waals surface area contributed by atoms with Gasteiger partial charge in [-0.3, -0.25) is 4.79 Å². The maximum Gasteiger partial charge on any atom is 0.222 e. The van der Waals surface area contributed by atoms with Gasteiger partial charge in [0.2, 0.25) is 5.91 Å². The number of nitrogens with zero attached hydrogens (tertiary/aromatic N) is 1. The second-order valence-electron chi connectivity index (χ2n) is 6.39. The first kappa shape index (κ1) is 13.5.